The van der Waals surface area contributed by atoms with Crippen LogP contribution in [0.1, 0.15) is 37.1 Å². The zero-order chi connectivity index (χ0) is 17.1. The van der Waals surface area contributed by atoms with Gasteiger partial charge in [0.25, 0.3) is 5.56 Å². The Morgan fingerprint density at radius 1 is 1.32 bits per heavy atom. The molecule has 6 nitrogen and oxygen atoms in total. The number of hydrogen-bond donors (Lipinski definition) is 2. The fourth-order valence-corrected chi connectivity index (χ4v) is 4.64. The minimum Gasteiger partial charge on any atom is -0.449 e. The molecule has 6 heteroatoms. The van der Waals surface area contributed by atoms with Gasteiger partial charge in [0.15, 0.2) is 0 Å². The first-order valence-electron chi connectivity index (χ1n) is 9.02. The molecule has 3 N–H and O–H groups in total. The number of aryl methyl sites for hydroxylation is 1. The number of fused-ring (bicyclic) bond motifs is 5. The molecule has 2 aliphatic rings. The molecule has 4 heterocycles. The van der Waals surface area contributed by atoms with Crippen LogP contribution in [0.2, 0.25) is 0 Å². The molecular weight excluding hydrogens is 316 g/mol. The lowest BCUT2D eigenvalue weighted by Crippen LogP contribution is -2.47. The highest BCUT2D eigenvalue weighted by Crippen LogP contribution is 2.36. The van der Waals surface area contributed by atoms with Crippen LogP contribution in [0.5, 0.6) is 0 Å². The fourth-order valence-electron chi connectivity index (χ4n) is 4.64. The Labute approximate surface area is 145 Å². The first kappa shape index (κ1) is 15.1. The summed E-state index contributed by atoms with van der Waals surface area (Å²) in [6.07, 6.45) is 4.46. The molecule has 0 aliphatic carbocycles. The third-order valence-corrected chi connectivity index (χ3v) is 5.78. The zero-order valence-electron chi connectivity index (χ0n) is 14.3. The first-order chi connectivity index (χ1) is 12.1. The molecule has 2 bridgehead atoms. The van der Waals surface area contributed by atoms with Crippen molar-refractivity contribution >= 4 is 22.1 Å². The predicted octanol–water partition coefficient (Wildman–Crippen LogP) is 2.43. The van der Waals surface area contributed by atoms with E-state index in [0.29, 0.717) is 47.2 Å². The molecule has 1 aromatic carbocycles. The van der Waals surface area contributed by atoms with E-state index >= 15 is 0 Å². The third-order valence-electron chi connectivity index (χ3n) is 5.78. The molecule has 2 aliphatic heterocycles. The average Bonchev–Trinajstić information content (AvgIpc) is 3.03. The summed E-state index contributed by atoms with van der Waals surface area (Å²) in [5.74, 6) is 0.717. The SMILES string of the molecule is Cc1ccc2oc3c(=O)[nH]c(CN4C5CC[C@H]4CC(N)C5)nc3c2c1. The van der Waals surface area contributed by atoms with Gasteiger partial charge in [0, 0.05) is 23.5 Å². The van der Waals surface area contributed by atoms with Gasteiger partial charge in [-0.1, -0.05) is 11.6 Å². The van der Waals surface area contributed by atoms with E-state index in [2.05, 4.69) is 9.88 Å². The van der Waals surface area contributed by atoms with Crippen LogP contribution in [0.4, 0.5) is 0 Å². The van der Waals surface area contributed by atoms with Crippen LogP contribution in [0.25, 0.3) is 22.1 Å². The van der Waals surface area contributed by atoms with E-state index in [1.165, 1.54) is 12.8 Å². The van der Waals surface area contributed by atoms with Crippen LogP contribution in [0, 0.1) is 6.92 Å². The molecule has 0 spiro atoms. The largest absolute Gasteiger partial charge is 0.449 e. The second kappa shape index (κ2) is 5.41. The number of nitrogens with zero attached hydrogens (tertiary/aromatic N) is 2. The van der Waals surface area contributed by atoms with E-state index in [9.17, 15) is 4.79 Å². The van der Waals surface area contributed by atoms with Crippen LogP contribution < -0.4 is 11.3 Å². The van der Waals surface area contributed by atoms with Crippen molar-refractivity contribution in [3.63, 3.8) is 0 Å². The van der Waals surface area contributed by atoms with Crippen LogP contribution in [0.3, 0.4) is 0 Å². The number of nitrogens with one attached hydrogen (secondary N) is 1. The van der Waals surface area contributed by atoms with E-state index in [0.717, 1.165) is 23.8 Å². The topological polar surface area (TPSA) is 88.2 Å². The number of piperidine rings is 1. The van der Waals surface area contributed by atoms with Gasteiger partial charge in [0.05, 0.1) is 6.54 Å². The molecule has 2 unspecified atom stereocenters. The number of nitrogens with two attached hydrogens (primary N) is 1. The van der Waals surface area contributed by atoms with Crippen LogP contribution in [-0.2, 0) is 6.54 Å². The number of aromatic nitrogens is 2. The number of rotatable bonds is 2. The monoisotopic (exact) mass is 338 g/mol. The van der Waals surface area contributed by atoms with E-state index in [4.69, 9.17) is 15.1 Å². The summed E-state index contributed by atoms with van der Waals surface area (Å²) in [7, 11) is 0. The summed E-state index contributed by atoms with van der Waals surface area (Å²) >= 11 is 0. The first-order valence-corrected chi connectivity index (χ1v) is 9.02. The van der Waals surface area contributed by atoms with Crippen molar-refractivity contribution in [2.24, 2.45) is 5.73 Å². The maximum atomic E-state index is 12.5. The van der Waals surface area contributed by atoms with Gasteiger partial charge in [-0.3, -0.25) is 9.69 Å². The third kappa shape index (κ3) is 2.40. The van der Waals surface area contributed by atoms with Gasteiger partial charge in [-0.25, -0.2) is 4.98 Å². The van der Waals surface area contributed by atoms with Crippen molar-refractivity contribution in [2.45, 2.75) is 57.3 Å². The van der Waals surface area contributed by atoms with Gasteiger partial charge in [-0.15, -0.1) is 0 Å². The standard InChI is InChI=1S/C19H22N4O2/c1-10-2-5-15-14(6-10)17-18(25-15)19(24)22-16(21-17)9-23-12-3-4-13(23)8-11(20)7-12/h2,5-6,11-13H,3-4,7-9,20H2,1H3,(H,21,22,24)/t11?,12-,13?/m0/s1. The molecule has 2 saturated heterocycles. The highest BCUT2D eigenvalue weighted by molar-refractivity contribution is 6.02. The Morgan fingerprint density at radius 2 is 2.08 bits per heavy atom. The number of benzene rings is 1. The molecule has 5 rings (SSSR count). The van der Waals surface area contributed by atoms with Crippen molar-refractivity contribution < 1.29 is 4.42 Å². The maximum absolute atomic E-state index is 12.5. The molecule has 130 valence electrons. The van der Waals surface area contributed by atoms with Crippen LogP contribution in [-0.4, -0.2) is 33.0 Å². The summed E-state index contributed by atoms with van der Waals surface area (Å²) in [5.41, 5.74) is 8.77. The normalized spacial score (nSPS) is 26.7. The van der Waals surface area contributed by atoms with E-state index in [1.807, 2.05) is 25.1 Å². The Hall–Kier alpha value is -2.18. The molecule has 2 fully saturated rings. The highest BCUT2D eigenvalue weighted by Gasteiger charge is 2.39. The second-order valence-electron chi connectivity index (χ2n) is 7.58. The lowest BCUT2D eigenvalue weighted by atomic mass is 9.98. The van der Waals surface area contributed by atoms with Crippen molar-refractivity contribution in [1.29, 1.82) is 0 Å². The van der Waals surface area contributed by atoms with Gasteiger partial charge in [0.1, 0.15) is 16.9 Å². The zero-order valence-corrected chi connectivity index (χ0v) is 14.3. The molecule has 25 heavy (non-hydrogen) atoms. The van der Waals surface area contributed by atoms with Gasteiger partial charge in [-0.05, 0) is 44.7 Å². The van der Waals surface area contributed by atoms with Gasteiger partial charge < -0.3 is 15.1 Å². The lowest BCUT2D eigenvalue weighted by Gasteiger charge is -2.37. The second-order valence-corrected chi connectivity index (χ2v) is 7.58. The van der Waals surface area contributed by atoms with Crippen molar-refractivity contribution in [2.75, 3.05) is 0 Å². The molecular formula is C19H22N4O2. The number of hydrogen-bond acceptors (Lipinski definition) is 5. The van der Waals surface area contributed by atoms with Crippen molar-refractivity contribution in [3.8, 4) is 0 Å². The predicted molar refractivity (Wildman–Crippen MR) is 96.4 cm³/mol. The molecule has 0 amide bonds. The summed E-state index contributed by atoms with van der Waals surface area (Å²) in [6.45, 7) is 2.70. The number of H-pyrrole nitrogens is 1. The Balaban J connectivity index is 1.57. The molecule has 2 aromatic heterocycles. The van der Waals surface area contributed by atoms with Crippen LogP contribution in [0.15, 0.2) is 27.4 Å². The summed E-state index contributed by atoms with van der Waals surface area (Å²) in [4.78, 5) is 22.6. The summed E-state index contributed by atoms with van der Waals surface area (Å²) in [6, 6.07) is 7.24. The minimum absolute atomic E-state index is 0.199. The lowest BCUT2D eigenvalue weighted by molar-refractivity contribution is 0.116. The van der Waals surface area contributed by atoms with Crippen molar-refractivity contribution in [1.82, 2.24) is 14.9 Å². The molecule has 3 atom stereocenters. The summed E-state index contributed by atoms with van der Waals surface area (Å²) in [5, 5.41) is 0.908. The maximum Gasteiger partial charge on any atom is 0.294 e. The van der Waals surface area contributed by atoms with Crippen LogP contribution >= 0.6 is 0 Å². The average molecular weight is 338 g/mol. The molecule has 0 radical (unpaired) electrons. The van der Waals surface area contributed by atoms with E-state index < -0.39 is 0 Å². The van der Waals surface area contributed by atoms with E-state index in [-0.39, 0.29) is 5.56 Å². The van der Waals surface area contributed by atoms with Crippen molar-refractivity contribution in [3.05, 3.63) is 39.9 Å². The Kier molecular flexibility index (Phi) is 3.27. The number of aromatic amines is 1. The van der Waals surface area contributed by atoms with Gasteiger partial charge in [0.2, 0.25) is 5.58 Å². The van der Waals surface area contributed by atoms with Gasteiger partial charge >= 0.3 is 0 Å². The van der Waals surface area contributed by atoms with Gasteiger partial charge in [-0.2, -0.15) is 0 Å². The fraction of sp³-hybridized carbons (Fsp3) is 0.474. The van der Waals surface area contributed by atoms with E-state index in [1.54, 1.807) is 0 Å². The number of furan rings is 1. The molecule has 3 aromatic rings. The molecule has 0 saturated carbocycles. The Bertz CT molecular complexity index is 1010. The quantitative estimate of drug-likeness (QED) is 0.749. The smallest absolute Gasteiger partial charge is 0.294 e. The minimum atomic E-state index is -0.199. The Morgan fingerprint density at radius 3 is 2.84 bits per heavy atom. The highest BCUT2D eigenvalue weighted by atomic mass is 16.3. The summed E-state index contributed by atoms with van der Waals surface area (Å²) < 4.78 is 5.72.